The summed E-state index contributed by atoms with van der Waals surface area (Å²) in [6, 6.07) is 9.96. The van der Waals surface area contributed by atoms with Crippen molar-refractivity contribution in [3.63, 3.8) is 0 Å². The standard InChI is InChI=1S/C15H20O3/c16-9-13-6-7-15(17)14(8-13)11-18-10-12-4-2-1-3-5-12/h1-5,13-14,16H,6-11H2. The highest BCUT2D eigenvalue weighted by Crippen LogP contribution is 2.26. The van der Waals surface area contributed by atoms with Gasteiger partial charge >= 0.3 is 0 Å². The van der Waals surface area contributed by atoms with Gasteiger partial charge in [-0.1, -0.05) is 30.3 Å². The van der Waals surface area contributed by atoms with Crippen molar-refractivity contribution >= 4 is 5.78 Å². The van der Waals surface area contributed by atoms with E-state index in [0.29, 0.717) is 19.6 Å². The molecule has 2 atom stereocenters. The number of benzene rings is 1. The molecule has 1 saturated carbocycles. The number of hydrogen-bond donors (Lipinski definition) is 1. The van der Waals surface area contributed by atoms with Crippen LogP contribution in [0, 0.1) is 11.8 Å². The van der Waals surface area contributed by atoms with Crippen LogP contribution in [0.4, 0.5) is 0 Å². The van der Waals surface area contributed by atoms with Gasteiger partial charge in [-0.2, -0.15) is 0 Å². The Morgan fingerprint density at radius 1 is 1.28 bits per heavy atom. The highest BCUT2D eigenvalue weighted by molar-refractivity contribution is 5.81. The van der Waals surface area contributed by atoms with Gasteiger partial charge in [0.15, 0.2) is 0 Å². The molecule has 0 amide bonds. The lowest BCUT2D eigenvalue weighted by Crippen LogP contribution is -2.29. The Morgan fingerprint density at radius 3 is 2.78 bits per heavy atom. The summed E-state index contributed by atoms with van der Waals surface area (Å²) < 4.78 is 5.62. The van der Waals surface area contributed by atoms with Crippen molar-refractivity contribution < 1.29 is 14.6 Å². The Morgan fingerprint density at radius 2 is 2.06 bits per heavy atom. The smallest absolute Gasteiger partial charge is 0.138 e. The van der Waals surface area contributed by atoms with Crippen LogP contribution < -0.4 is 0 Å². The summed E-state index contributed by atoms with van der Waals surface area (Å²) in [4.78, 5) is 11.7. The van der Waals surface area contributed by atoms with Crippen molar-refractivity contribution in [2.24, 2.45) is 11.8 Å². The number of rotatable bonds is 5. The summed E-state index contributed by atoms with van der Waals surface area (Å²) in [6.45, 7) is 1.21. The fourth-order valence-corrected chi connectivity index (χ4v) is 2.42. The maximum atomic E-state index is 11.7. The lowest BCUT2D eigenvalue weighted by atomic mass is 9.81. The Bertz CT molecular complexity index is 375. The highest BCUT2D eigenvalue weighted by atomic mass is 16.5. The zero-order chi connectivity index (χ0) is 12.8. The summed E-state index contributed by atoms with van der Waals surface area (Å²) >= 11 is 0. The second-order valence-electron chi connectivity index (χ2n) is 4.99. The van der Waals surface area contributed by atoms with Crippen molar-refractivity contribution in [2.45, 2.75) is 25.9 Å². The van der Waals surface area contributed by atoms with Crippen LogP contribution in [0.1, 0.15) is 24.8 Å². The number of aliphatic hydroxyl groups is 1. The fourth-order valence-electron chi connectivity index (χ4n) is 2.42. The topological polar surface area (TPSA) is 46.5 Å². The second kappa shape index (κ2) is 6.66. The van der Waals surface area contributed by atoms with Crippen molar-refractivity contribution in [2.75, 3.05) is 13.2 Å². The third-order valence-electron chi connectivity index (χ3n) is 3.56. The molecule has 0 spiro atoms. The summed E-state index contributed by atoms with van der Waals surface area (Å²) in [7, 11) is 0. The highest BCUT2D eigenvalue weighted by Gasteiger charge is 2.28. The van der Waals surface area contributed by atoms with Crippen LogP contribution in [0.2, 0.25) is 0 Å². The van der Waals surface area contributed by atoms with Crippen LogP contribution in [0.3, 0.4) is 0 Å². The Hall–Kier alpha value is -1.19. The number of Topliss-reactive ketones (excluding diaryl/α,β-unsaturated/α-hetero) is 1. The quantitative estimate of drug-likeness (QED) is 0.868. The van der Waals surface area contributed by atoms with Crippen LogP contribution in [0.15, 0.2) is 30.3 Å². The minimum Gasteiger partial charge on any atom is -0.396 e. The van der Waals surface area contributed by atoms with E-state index in [0.717, 1.165) is 18.4 Å². The maximum absolute atomic E-state index is 11.7. The van der Waals surface area contributed by atoms with Crippen LogP contribution >= 0.6 is 0 Å². The molecule has 0 bridgehead atoms. The third kappa shape index (κ3) is 3.65. The number of ketones is 1. The maximum Gasteiger partial charge on any atom is 0.138 e. The Balaban J connectivity index is 1.77. The monoisotopic (exact) mass is 248 g/mol. The van der Waals surface area contributed by atoms with E-state index in [9.17, 15) is 4.79 Å². The first-order chi connectivity index (χ1) is 8.79. The van der Waals surface area contributed by atoms with E-state index in [4.69, 9.17) is 9.84 Å². The SMILES string of the molecule is O=C1CCC(CO)CC1COCc1ccccc1. The van der Waals surface area contributed by atoms with Gasteiger partial charge in [0.05, 0.1) is 13.2 Å². The molecule has 0 saturated heterocycles. The van der Waals surface area contributed by atoms with Crippen LogP contribution in [0.25, 0.3) is 0 Å². The van der Waals surface area contributed by atoms with Gasteiger partial charge in [0.1, 0.15) is 5.78 Å². The first-order valence-electron chi connectivity index (χ1n) is 6.55. The minimum absolute atomic E-state index is 0.0281. The van der Waals surface area contributed by atoms with Crippen LogP contribution in [-0.2, 0) is 16.1 Å². The molecule has 1 aromatic carbocycles. The van der Waals surface area contributed by atoms with Crippen LogP contribution in [0.5, 0.6) is 0 Å². The van der Waals surface area contributed by atoms with Crippen molar-refractivity contribution in [1.29, 1.82) is 0 Å². The van der Waals surface area contributed by atoms with Crippen molar-refractivity contribution in [3.05, 3.63) is 35.9 Å². The zero-order valence-corrected chi connectivity index (χ0v) is 10.5. The van der Waals surface area contributed by atoms with Gasteiger partial charge < -0.3 is 9.84 Å². The van der Waals surface area contributed by atoms with E-state index in [2.05, 4.69) is 0 Å². The number of ether oxygens (including phenoxy) is 1. The minimum atomic E-state index is -0.0281. The lowest BCUT2D eigenvalue weighted by molar-refractivity contribution is -0.128. The van der Waals surface area contributed by atoms with Crippen molar-refractivity contribution in [1.82, 2.24) is 0 Å². The van der Waals surface area contributed by atoms with Crippen LogP contribution in [-0.4, -0.2) is 24.1 Å². The summed E-state index contributed by atoms with van der Waals surface area (Å²) in [6.07, 6.45) is 2.18. The van der Waals surface area contributed by atoms with Gasteiger partial charge in [0.25, 0.3) is 0 Å². The zero-order valence-electron chi connectivity index (χ0n) is 10.5. The molecule has 0 radical (unpaired) electrons. The van der Waals surface area contributed by atoms with E-state index in [1.54, 1.807) is 0 Å². The molecule has 98 valence electrons. The molecule has 1 fully saturated rings. The number of carbonyl (C=O) groups excluding carboxylic acids is 1. The molecule has 0 aromatic heterocycles. The predicted molar refractivity (Wildman–Crippen MR) is 69.0 cm³/mol. The molecule has 1 aliphatic carbocycles. The third-order valence-corrected chi connectivity index (χ3v) is 3.56. The second-order valence-corrected chi connectivity index (χ2v) is 4.99. The molecule has 3 nitrogen and oxygen atoms in total. The molecule has 1 N–H and O–H groups in total. The molecule has 0 heterocycles. The first-order valence-corrected chi connectivity index (χ1v) is 6.55. The van der Waals surface area contributed by atoms with E-state index in [-0.39, 0.29) is 24.2 Å². The summed E-state index contributed by atoms with van der Waals surface area (Å²) in [5.74, 6) is 0.528. The Labute approximate surface area is 108 Å². The number of aliphatic hydroxyl groups excluding tert-OH is 1. The predicted octanol–water partition coefficient (Wildman–Crippen LogP) is 2.18. The molecule has 3 heteroatoms. The number of carbonyl (C=O) groups is 1. The molecular weight excluding hydrogens is 228 g/mol. The summed E-state index contributed by atoms with van der Waals surface area (Å²) in [5.41, 5.74) is 1.12. The fraction of sp³-hybridized carbons (Fsp3) is 0.533. The molecule has 18 heavy (non-hydrogen) atoms. The number of hydrogen-bond acceptors (Lipinski definition) is 3. The average molecular weight is 248 g/mol. The van der Waals surface area contributed by atoms with Gasteiger partial charge in [-0.05, 0) is 24.3 Å². The molecular formula is C15H20O3. The molecule has 1 aromatic rings. The average Bonchev–Trinajstić information content (AvgIpc) is 2.42. The Kier molecular flexibility index (Phi) is 4.90. The summed E-state index contributed by atoms with van der Waals surface area (Å²) in [5, 5.41) is 9.15. The van der Waals surface area contributed by atoms with Gasteiger partial charge in [0, 0.05) is 18.9 Å². The van der Waals surface area contributed by atoms with Gasteiger partial charge in [-0.15, -0.1) is 0 Å². The van der Waals surface area contributed by atoms with E-state index < -0.39 is 0 Å². The normalized spacial score (nSPS) is 24.2. The van der Waals surface area contributed by atoms with E-state index in [1.165, 1.54) is 0 Å². The lowest BCUT2D eigenvalue weighted by Gasteiger charge is -2.26. The largest absolute Gasteiger partial charge is 0.396 e. The van der Waals surface area contributed by atoms with Gasteiger partial charge in [0.2, 0.25) is 0 Å². The first kappa shape index (κ1) is 13.2. The molecule has 2 rings (SSSR count). The molecule has 0 aliphatic heterocycles. The molecule has 1 aliphatic rings. The molecule has 2 unspecified atom stereocenters. The van der Waals surface area contributed by atoms with E-state index >= 15 is 0 Å². The van der Waals surface area contributed by atoms with Gasteiger partial charge in [-0.3, -0.25) is 4.79 Å². The van der Waals surface area contributed by atoms with Gasteiger partial charge in [-0.25, -0.2) is 0 Å². The van der Waals surface area contributed by atoms with Crippen molar-refractivity contribution in [3.8, 4) is 0 Å². The van der Waals surface area contributed by atoms with E-state index in [1.807, 2.05) is 30.3 Å².